The zero-order valence-corrected chi connectivity index (χ0v) is 9.42. The van der Waals surface area contributed by atoms with Gasteiger partial charge in [0.25, 0.3) is 5.91 Å². The van der Waals surface area contributed by atoms with Crippen LogP contribution < -0.4 is 11.1 Å². The molecule has 0 atom stereocenters. The Balaban J connectivity index is 2.04. The number of pyridine rings is 1. The summed E-state index contributed by atoms with van der Waals surface area (Å²) < 4.78 is 1.45. The number of aryl methyl sites for hydroxylation is 1. The van der Waals surface area contributed by atoms with Gasteiger partial charge in [-0.25, -0.2) is 0 Å². The zero-order valence-electron chi connectivity index (χ0n) is 9.42. The predicted molar refractivity (Wildman–Crippen MR) is 63.0 cm³/mol. The van der Waals surface area contributed by atoms with Crippen LogP contribution in [0, 0.1) is 0 Å². The molecule has 0 aromatic carbocycles. The van der Waals surface area contributed by atoms with Crippen LogP contribution in [-0.4, -0.2) is 20.7 Å². The van der Waals surface area contributed by atoms with Crippen LogP contribution in [0.25, 0.3) is 0 Å². The van der Waals surface area contributed by atoms with E-state index in [1.807, 2.05) is 12.1 Å². The van der Waals surface area contributed by atoms with Gasteiger partial charge in [0, 0.05) is 26.0 Å². The van der Waals surface area contributed by atoms with Crippen molar-refractivity contribution in [1.29, 1.82) is 0 Å². The molecule has 0 aliphatic carbocycles. The zero-order chi connectivity index (χ0) is 12.3. The standard InChI is InChI=1S/C11H13N5O/c1-16-10(9(12)7-15-16)11(17)14-6-8-3-2-4-13-5-8/h2-5,7H,6,12H2,1H3,(H,14,17). The normalized spacial score (nSPS) is 10.2. The molecule has 0 spiro atoms. The van der Waals surface area contributed by atoms with Crippen molar-refractivity contribution in [3.8, 4) is 0 Å². The van der Waals surface area contributed by atoms with Crippen LogP contribution in [0.5, 0.6) is 0 Å². The predicted octanol–water partition coefficient (Wildman–Crippen LogP) is 0.327. The van der Waals surface area contributed by atoms with Gasteiger partial charge < -0.3 is 11.1 Å². The van der Waals surface area contributed by atoms with E-state index >= 15 is 0 Å². The largest absolute Gasteiger partial charge is 0.396 e. The second kappa shape index (κ2) is 4.65. The van der Waals surface area contributed by atoms with E-state index in [2.05, 4.69) is 15.4 Å². The highest BCUT2D eigenvalue weighted by Gasteiger charge is 2.14. The molecule has 6 heteroatoms. The number of hydrogen-bond donors (Lipinski definition) is 2. The van der Waals surface area contributed by atoms with Crippen LogP contribution in [0.1, 0.15) is 16.1 Å². The first-order valence-corrected chi connectivity index (χ1v) is 5.13. The van der Waals surface area contributed by atoms with Crippen LogP contribution in [0.3, 0.4) is 0 Å². The maximum Gasteiger partial charge on any atom is 0.271 e. The van der Waals surface area contributed by atoms with Crippen LogP contribution in [0.15, 0.2) is 30.7 Å². The average molecular weight is 231 g/mol. The molecule has 3 N–H and O–H groups in total. The second-order valence-corrected chi connectivity index (χ2v) is 3.62. The van der Waals surface area contributed by atoms with Crippen molar-refractivity contribution in [2.45, 2.75) is 6.54 Å². The van der Waals surface area contributed by atoms with Gasteiger partial charge in [-0.2, -0.15) is 5.10 Å². The number of hydrogen-bond acceptors (Lipinski definition) is 4. The number of amides is 1. The lowest BCUT2D eigenvalue weighted by molar-refractivity contribution is 0.0942. The van der Waals surface area contributed by atoms with Gasteiger partial charge in [0.1, 0.15) is 5.69 Å². The summed E-state index contributed by atoms with van der Waals surface area (Å²) in [6.07, 6.45) is 4.84. The molecule has 0 bridgehead atoms. The molecule has 0 saturated heterocycles. The number of nitrogens with one attached hydrogen (secondary N) is 1. The molecule has 2 heterocycles. The highest BCUT2D eigenvalue weighted by Crippen LogP contribution is 2.08. The van der Waals surface area contributed by atoms with Gasteiger partial charge in [0.2, 0.25) is 0 Å². The summed E-state index contributed by atoms with van der Waals surface area (Å²) in [5.74, 6) is -0.244. The number of nitrogens with two attached hydrogens (primary N) is 1. The number of nitrogen functional groups attached to an aromatic ring is 1. The van der Waals surface area contributed by atoms with Crippen LogP contribution in [0.4, 0.5) is 5.69 Å². The maximum absolute atomic E-state index is 11.8. The summed E-state index contributed by atoms with van der Waals surface area (Å²) in [4.78, 5) is 15.8. The molecule has 1 amide bonds. The fourth-order valence-corrected chi connectivity index (χ4v) is 1.50. The monoisotopic (exact) mass is 231 g/mol. The van der Waals surface area contributed by atoms with Gasteiger partial charge in [-0.15, -0.1) is 0 Å². The number of rotatable bonds is 3. The first-order chi connectivity index (χ1) is 8.18. The molecule has 0 saturated carbocycles. The molecular formula is C11H13N5O. The van der Waals surface area contributed by atoms with E-state index in [9.17, 15) is 4.79 Å². The summed E-state index contributed by atoms with van der Waals surface area (Å²) in [5.41, 5.74) is 7.33. The maximum atomic E-state index is 11.8. The summed E-state index contributed by atoms with van der Waals surface area (Å²) in [6.45, 7) is 0.414. The van der Waals surface area contributed by atoms with Crippen LogP contribution in [-0.2, 0) is 13.6 Å². The lowest BCUT2D eigenvalue weighted by atomic mass is 10.2. The minimum atomic E-state index is -0.244. The topological polar surface area (TPSA) is 85.8 Å². The molecule has 0 aliphatic heterocycles. The molecule has 2 aromatic rings. The highest BCUT2D eigenvalue weighted by molar-refractivity contribution is 5.97. The van der Waals surface area contributed by atoms with E-state index in [4.69, 9.17) is 5.73 Å². The fourth-order valence-electron chi connectivity index (χ4n) is 1.50. The Kier molecular flexibility index (Phi) is 3.04. The Morgan fingerprint density at radius 2 is 2.35 bits per heavy atom. The van der Waals surface area contributed by atoms with Crippen LogP contribution in [0.2, 0.25) is 0 Å². The van der Waals surface area contributed by atoms with Gasteiger partial charge >= 0.3 is 0 Å². The van der Waals surface area contributed by atoms with Gasteiger partial charge in [0.15, 0.2) is 0 Å². The Morgan fingerprint density at radius 3 is 2.94 bits per heavy atom. The lowest BCUT2D eigenvalue weighted by Gasteiger charge is -2.05. The Morgan fingerprint density at radius 1 is 1.53 bits per heavy atom. The molecule has 2 rings (SSSR count). The quantitative estimate of drug-likeness (QED) is 0.797. The van der Waals surface area contributed by atoms with Crippen LogP contribution >= 0.6 is 0 Å². The number of carbonyl (C=O) groups excluding carboxylic acids is 1. The molecule has 17 heavy (non-hydrogen) atoms. The van der Waals surface area contributed by atoms with Crippen molar-refractivity contribution >= 4 is 11.6 Å². The van der Waals surface area contributed by atoms with Gasteiger partial charge in [-0.1, -0.05) is 6.07 Å². The third-order valence-corrected chi connectivity index (χ3v) is 2.36. The minimum Gasteiger partial charge on any atom is -0.396 e. The second-order valence-electron chi connectivity index (χ2n) is 3.62. The van der Waals surface area contributed by atoms with Gasteiger partial charge in [-0.3, -0.25) is 14.5 Å². The molecule has 2 aromatic heterocycles. The van der Waals surface area contributed by atoms with Crippen molar-refractivity contribution in [3.63, 3.8) is 0 Å². The number of carbonyl (C=O) groups is 1. The molecule has 0 fully saturated rings. The van der Waals surface area contributed by atoms with E-state index in [1.165, 1.54) is 10.9 Å². The Labute approximate surface area is 98.5 Å². The van der Waals surface area contributed by atoms with E-state index in [0.717, 1.165) is 5.56 Å². The first-order valence-electron chi connectivity index (χ1n) is 5.13. The molecule has 6 nitrogen and oxygen atoms in total. The molecule has 88 valence electrons. The lowest BCUT2D eigenvalue weighted by Crippen LogP contribution is -2.26. The summed E-state index contributed by atoms with van der Waals surface area (Å²) in [7, 11) is 1.68. The molecule has 0 unspecified atom stereocenters. The third kappa shape index (κ3) is 2.41. The van der Waals surface area contributed by atoms with Crippen molar-refractivity contribution < 1.29 is 4.79 Å². The van der Waals surface area contributed by atoms with E-state index < -0.39 is 0 Å². The molecule has 0 aliphatic rings. The summed E-state index contributed by atoms with van der Waals surface area (Å²) in [6, 6.07) is 3.71. The van der Waals surface area contributed by atoms with Gasteiger partial charge in [0.05, 0.1) is 11.9 Å². The molecular weight excluding hydrogens is 218 g/mol. The number of nitrogens with zero attached hydrogens (tertiary/aromatic N) is 3. The fraction of sp³-hybridized carbons (Fsp3) is 0.182. The minimum absolute atomic E-state index is 0.244. The SMILES string of the molecule is Cn1ncc(N)c1C(=O)NCc1cccnc1. The molecule has 0 radical (unpaired) electrons. The Bertz CT molecular complexity index is 500. The van der Waals surface area contributed by atoms with Crippen molar-refractivity contribution in [2.24, 2.45) is 7.05 Å². The smallest absolute Gasteiger partial charge is 0.271 e. The van der Waals surface area contributed by atoms with Crippen molar-refractivity contribution in [2.75, 3.05) is 5.73 Å². The number of aromatic nitrogens is 3. The van der Waals surface area contributed by atoms with E-state index in [1.54, 1.807) is 19.4 Å². The highest BCUT2D eigenvalue weighted by atomic mass is 16.2. The van der Waals surface area contributed by atoms with Crippen molar-refractivity contribution in [1.82, 2.24) is 20.1 Å². The van der Waals surface area contributed by atoms with E-state index in [-0.39, 0.29) is 5.91 Å². The average Bonchev–Trinajstić information content (AvgIpc) is 2.67. The third-order valence-electron chi connectivity index (χ3n) is 2.36. The van der Waals surface area contributed by atoms with Crippen molar-refractivity contribution in [3.05, 3.63) is 42.0 Å². The summed E-state index contributed by atoms with van der Waals surface area (Å²) >= 11 is 0. The van der Waals surface area contributed by atoms with Gasteiger partial charge in [-0.05, 0) is 11.6 Å². The Hall–Kier alpha value is -2.37. The van der Waals surface area contributed by atoms with E-state index in [0.29, 0.717) is 17.9 Å². The number of anilines is 1. The first kappa shape index (κ1) is 11.1. The summed E-state index contributed by atoms with van der Waals surface area (Å²) in [5, 5.41) is 6.67.